The number of rotatable bonds is 10. The number of halogens is 1. The van der Waals surface area contributed by atoms with Gasteiger partial charge in [0.1, 0.15) is 23.0 Å². The molecule has 2 amide bonds. The fourth-order valence-corrected chi connectivity index (χ4v) is 3.56. The third-order valence-corrected chi connectivity index (χ3v) is 5.83. The molecule has 2 N–H and O–H groups in total. The summed E-state index contributed by atoms with van der Waals surface area (Å²) in [6.07, 6.45) is 0. The highest BCUT2D eigenvalue weighted by atomic mass is 79.9. The zero-order valence-electron chi connectivity index (χ0n) is 20.1. The number of benzene rings is 4. The van der Waals surface area contributed by atoms with E-state index in [2.05, 4.69) is 26.6 Å². The molecular formula is C29H25BrN2O5. The highest BCUT2D eigenvalue weighted by Crippen LogP contribution is 2.25. The third-order valence-electron chi connectivity index (χ3n) is 5.30. The predicted octanol–water partition coefficient (Wildman–Crippen LogP) is 6.20. The van der Waals surface area contributed by atoms with Gasteiger partial charge in [0.05, 0.1) is 7.11 Å². The Morgan fingerprint density at radius 2 is 1.30 bits per heavy atom. The number of ether oxygens (including phenoxy) is 3. The minimum absolute atomic E-state index is 0.129. The minimum Gasteiger partial charge on any atom is -0.497 e. The lowest BCUT2D eigenvalue weighted by atomic mass is 10.2. The molecule has 0 heterocycles. The molecule has 0 aliphatic carbocycles. The predicted molar refractivity (Wildman–Crippen MR) is 145 cm³/mol. The lowest BCUT2D eigenvalue weighted by Gasteiger charge is -2.10. The van der Waals surface area contributed by atoms with E-state index >= 15 is 0 Å². The van der Waals surface area contributed by atoms with Crippen LogP contribution in [-0.2, 0) is 11.3 Å². The summed E-state index contributed by atoms with van der Waals surface area (Å²) in [5, 5.41) is 5.66. The number of hydrogen-bond donors (Lipinski definition) is 2. The van der Waals surface area contributed by atoms with E-state index in [4.69, 9.17) is 14.2 Å². The van der Waals surface area contributed by atoms with Crippen molar-refractivity contribution in [3.63, 3.8) is 0 Å². The maximum atomic E-state index is 12.6. The molecule has 0 spiro atoms. The van der Waals surface area contributed by atoms with E-state index in [0.29, 0.717) is 29.3 Å². The molecule has 4 aromatic carbocycles. The molecule has 0 atom stereocenters. The van der Waals surface area contributed by atoms with Gasteiger partial charge < -0.3 is 24.8 Å². The van der Waals surface area contributed by atoms with Gasteiger partial charge in [0.2, 0.25) is 0 Å². The van der Waals surface area contributed by atoms with Crippen molar-refractivity contribution < 1.29 is 23.8 Å². The molecule has 0 bridgehead atoms. The topological polar surface area (TPSA) is 85.9 Å². The van der Waals surface area contributed by atoms with Crippen LogP contribution in [-0.4, -0.2) is 25.5 Å². The van der Waals surface area contributed by atoms with Crippen molar-refractivity contribution in [3.8, 4) is 23.0 Å². The molecule has 8 heteroatoms. The van der Waals surface area contributed by atoms with Crippen LogP contribution in [0.25, 0.3) is 0 Å². The number of carbonyl (C=O) groups excluding carboxylic acids is 2. The number of amides is 2. The average molecular weight is 561 g/mol. The van der Waals surface area contributed by atoms with Gasteiger partial charge in [0, 0.05) is 22.3 Å². The monoisotopic (exact) mass is 560 g/mol. The summed E-state index contributed by atoms with van der Waals surface area (Å²) in [6.45, 7) is 0.263. The quantitative estimate of drug-likeness (QED) is 0.241. The Morgan fingerprint density at radius 1 is 0.730 bits per heavy atom. The normalized spacial score (nSPS) is 10.3. The third kappa shape index (κ3) is 7.85. The van der Waals surface area contributed by atoms with Gasteiger partial charge in [-0.25, -0.2) is 0 Å². The molecule has 37 heavy (non-hydrogen) atoms. The zero-order chi connectivity index (χ0) is 26.0. The fourth-order valence-electron chi connectivity index (χ4n) is 3.29. The number of anilines is 1. The average Bonchev–Trinajstić information content (AvgIpc) is 2.93. The summed E-state index contributed by atoms with van der Waals surface area (Å²) in [4.78, 5) is 24.7. The number of methoxy groups -OCH3 is 1. The maximum Gasteiger partial charge on any atom is 0.258 e. The summed E-state index contributed by atoms with van der Waals surface area (Å²) in [5.41, 5.74) is 2.06. The molecule has 0 aromatic heterocycles. The lowest BCUT2D eigenvalue weighted by Crippen LogP contribution is -2.28. The van der Waals surface area contributed by atoms with Gasteiger partial charge in [-0.2, -0.15) is 0 Å². The van der Waals surface area contributed by atoms with E-state index < -0.39 is 0 Å². The van der Waals surface area contributed by atoms with Crippen LogP contribution < -0.4 is 24.8 Å². The van der Waals surface area contributed by atoms with Crippen LogP contribution in [0.3, 0.4) is 0 Å². The van der Waals surface area contributed by atoms with Crippen LogP contribution in [0, 0.1) is 0 Å². The first-order valence-corrected chi connectivity index (χ1v) is 12.2. The van der Waals surface area contributed by atoms with Crippen LogP contribution in [0.5, 0.6) is 23.0 Å². The van der Waals surface area contributed by atoms with E-state index in [1.165, 1.54) is 0 Å². The Labute approximate surface area is 223 Å². The molecule has 0 fully saturated rings. The van der Waals surface area contributed by atoms with Crippen LogP contribution in [0.4, 0.5) is 5.69 Å². The second-order valence-corrected chi connectivity index (χ2v) is 8.89. The fraction of sp³-hybridized carbons (Fsp3) is 0.103. The second-order valence-electron chi connectivity index (χ2n) is 7.97. The highest BCUT2D eigenvalue weighted by Gasteiger charge is 2.08. The summed E-state index contributed by atoms with van der Waals surface area (Å²) < 4.78 is 17.4. The largest absolute Gasteiger partial charge is 0.497 e. The Bertz CT molecular complexity index is 1320. The first-order chi connectivity index (χ1) is 18.0. The summed E-state index contributed by atoms with van der Waals surface area (Å²) in [6, 6.07) is 28.7. The Balaban J connectivity index is 1.22. The smallest absolute Gasteiger partial charge is 0.258 e. The SMILES string of the molecule is COc1ccc(CNC(=O)COc2ccc(C(=O)Nc3ccc(Oc4ccc(Br)cc4)cc3)cc2)cc1. The van der Waals surface area contributed by atoms with E-state index in [1.54, 1.807) is 55.6 Å². The van der Waals surface area contributed by atoms with E-state index in [-0.39, 0.29) is 18.4 Å². The van der Waals surface area contributed by atoms with Gasteiger partial charge in [-0.05, 0) is 90.5 Å². The molecule has 0 aliphatic heterocycles. The molecule has 4 aromatic rings. The van der Waals surface area contributed by atoms with Gasteiger partial charge in [-0.15, -0.1) is 0 Å². The molecule has 7 nitrogen and oxygen atoms in total. The van der Waals surface area contributed by atoms with Crippen molar-refractivity contribution in [2.45, 2.75) is 6.54 Å². The van der Waals surface area contributed by atoms with Gasteiger partial charge in [-0.3, -0.25) is 9.59 Å². The van der Waals surface area contributed by atoms with Crippen LogP contribution in [0.1, 0.15) is 15.9 Å². The van der Waals surface area contributed by atoms with Crippen molar-refractivity contribution in [3.05, 3.63) is 113 Å². The molecular weight excluding hydrogens is 536 g/mol. The van der Waals surface area contributed by atoms with Crippen molar-refractivity contribution in [2.24, 2.45) is 0 Å². The second kappa shape index (κ2) is 12.6. The van der Waals surface area contributed by atoms with E-state index in [9.17, 15) is 9.59 Å². The first-order valence-electron chi connectivity index (χ1n) is 11.5. The Kier molecular flexibility index (Phi) is 8.78. The first kappa shape index (κ1) is 25.8. The molecule has 0 unspecified atom stereocenters. The van der Waals surface area contributed by atoms with Crippen LogP contribution in [0.15, 0.2) is 102 Å². The van der Waals surface area contributed by atoms with Crippen molar-refractivity contribution in [1.29, 1.82) is 0 Å². The maximum absolute atomic E-state index is 12.6. The molecule has 0 aliphatic rings. The number of hydrogen-bond acceptors (Lipinski definition) is 5. The summed E-state index contributed by atoms with van der Waals surface area (Å²) in [7, 11) is 1.61. The molecule has 0 radical (unpaired) electrons. The van der Waals surface area contributed by atoms with Crippen LogP contribution in [0.2, 0.25) is 0 Å². The standard InChI is InChI=1S/C29H25BrN2O5/c1-35-24-10-2-20(3-11-24)18-31-28(33)19-36-25-12-4-21(5-13-25)29(34)32-23-8-16-27(17-9-23)37-26-14-6-22(30)7-15-26/h2-17H,18-19H2,1H3,(H,31,33)(H,32,34). The van der Waals surface area contributed by atoms with Crippen molar-refractivity contribution >= 4 is 33.4 Å². The van der Waals surface area contributed by atoms with Gasteiger partial charge >= 0.3 is 0 Å². The van der Waals surface area contributed by atoms with Gasteiger partial charge in [0.25, 0.3) is 11.8 Å². The molecule has 0 saturated heterocycles. The minimum atomic E-state index is -0.259. The number of nitrogens with one attached hydrogen (secondary N) is 2. The zero-order valence-corrected chi connectivity index (χ0v) is 21.7. The Morgan fingerprint density at radius 3 is 1.92 bits per heavy atom. The molecule has 0 saturated carbocycles. The van der Waals surface area contributed by atoms with E-state index in [1.807, 2.05) is 48.5 Å². The van der Waals surface area contributed by atoms with Crippen molar-refractivity contribution in [2.75, 3.05) is 19.0 Å². The molecule has 4 rings (SSSR count). The summed E-state index contributed by atoms with van der Waals surface area (Å²) >= 11 is 3.39. The summed E-state index contributed by atoms with van der Waals surface area (Å²) in [5.74, 6) is 2.13. The lowest BCUT2D eigenvalue weighted by molar-refractivity contribution is -0.123. The Hall–Kier alpha value is -4.30. The molecule has 188 valence electrons. The van der Waals surface area contributed by atoms with Crippen LogP contribution >= 0.6 is 15.9 Å². The van der Waals surface area contributed by atoms with Crippen molar-refractivity contribution in [1.82, 2.24) is 5.32 Å². The van der Waals surface area contributed by atoms with Gasteiger partial charge in [0.15, 0.2) is 6.61 Å². The number of carbonyl (C=O) groups is 2. The van der Waals surface area contributed by atoms with E-state index in [0.717, 1.165) is 21.5 Å². The highest BCUT2D eigenvalue weighted by molar-refractivity contribution is 9.10. The van der Waals surface area contributed by atoms with Gasteiger partial charge in [-0.1, -0.05) is 28.1 Å².